The molecule has 98 valence electrons. The van der Waals surface area contributed by atoms with Crippen molar-refractivity contribution in [3.63, 3.8) is 0 Å². The van der Waals surface area contributed by atoms with Crippen molar-refractivity contribution in [3.8, 4) is 0 Å². The number of nitrogens with zero attached hydrogens (tertiary/aromatic N) is 2. The first-order chi connectivity index (χ1) is 8.56. The van der Waals surface area contributed by atoms with Crippen molar-refractivity contribution >= 4 is 11.8 Å². The molecule has 0 aromatic carbocycles. The third kappa shape index (κ3) is 3.58. The molecule has 0 aliphatic heterocycles. The number of hydrogen-bond acceptors (Lipinski definition) is 5. The van der Waals surface area contributed by atoms with Crippen LogP contribution in [0.3, 0.4) is 0 Å². The highest BCUT2D eigenvalue weighted by molar-refractivity contribution is 7.99. The molecule has 2 rings (SSSR count). The third-order valence-electron chi connectivity index (χ3n) is 2.57. The van der Waals surface area contributed by atoms with E-state index in [1.807, 2.05) is 0 Å². The van der Waals surface area contributed by atoms with Crippen LogP contribution >= 0.6 is 11.8 Å². The molecule has 1 aromatic heterocycles. The molecule has 6 nitrogen and oxygen atoms in total. The fourth-order valence-electron chi connectivity index (χ4n) is 1.38. The summed E-state index contributed by atoms with van der Waals surface area (Å²) < 4.78 is 1.45. The quantitative estimate of drug-likeness (QED) is 0.427. The minimum atomic E-state index is -0.752. The minimum absolute atomic E-state index is 0.493. The Labute approximate surface area is 108 Å². The van der Waals surface area contributed by atoms with Gasteiger partial charge in [-0.15, -0.1) is 0 Å². The van der Waals surface area contributed by atoms with E-state index in [-0.39, 0.29) is 0 Å². The molecule has 1 aliphatic carbocycles. The topological polar surface area (TPSA) is 79.8 Å². The zero-order valence-electron chi connectivity index (χ0n) is 10.2. The number of H-pyrrole nitrogens is 1. The van der Waals surface area contributed by atoms with E-state index in [4.69, 9.17) is 0 Å². The zero-order valence-corrected chi connectivity index (χ0v) is 11.0. The number of aromatic nitrogens is 3. The molecule has 0 atom stereocenters. The summed E-state index contributed by atoms with van der Waals surface area (Å²) >= 11 is 1.39. The summed E-state index contributed by atoms with van der Waals surface area (Å²) in [7, 11) is 1.65. The van der Waals surface area contributed by atoms with Crippen LogP contribution in [0.1, 0.15) is 12.8 Å². The van der Waals surface area contributed by atoms with Gasteiger partial charge < -0.3 is 5.32 Å². The normalized spacial score (nSPS) is 14.7. The smallest absolute Gasteiger partial charge is 0.310 e. The van der Waals surface area contributed by atoms with Gasteiger partial charge in [-0.1, -0.05) is 23.9 Å². The van der Waals surface area contributed by atoms with Gasteiger partial charge in [0, 0.05) is 25.4 Å². The number of nitrogens with one attached hydrogen (secondary N) is 2. The van der Waals surface area contributed by atoms with E-state index >= 15 is 0 Å². The SMILES string of the molecule is C=C(CNC1CC1)CSc1nc(=O)c(=O)[nH]n1C. The van der Waals surface area contributed by atoms with Crippen molar-refractivity contribution in [2.75, 3.05) is 12.3 Å². The molecule has 0 radical (unpaired) electrons. The minimum Gasteiger partial charge on any atom is -0.310 e. The Morgan fingerprint density at radius 2 is 2.33 bits per heavy atom. The Hall–Kier alpha value is -1.34. The Morgan fingerprint density at radius 1 is 1.61 bits per heavy atom. The second kappa shape index (κ2) is 5.53. The van der Waals surface area contributed by atoms with Crippen LogP contribution in [0.2, 0.25) is 0 Å². The molecule has 1 saturated carbocycles. The molecule has 0 amide bonds. The highest BCUT2D eigenvalue weighted by atomic mass is 32.2. The van der Waals surface area contributed by atoms with E-state index in [1.165, 1.54) is 29.3 Å². The van der Waals surface area contributed by atoms with Crippen LogP contribution in [0.4, 0.5) is 0 Å². The van der Waals surface area contributed by atoms with Gasteiger partial charge in [-0.25, -0.2) is 0 Å². The maximum Gasteiger partial charge on any atom is 0.339 e. The predicted octanol–water partition coefficient (Wildman–Crippen LogP) is -0.131. The van der Waals surface area contributed by atoms with Gasteiger partial charge in [0.2, 0.25) is 0 Å². The predicted molar refractivity (Wildman–Crippen MR) is 71.0 cm³/mol. The summed E-state index contributed by atoms with van der Waals surface area (Å²) in [6, 6.07) is 0.655. The monoisotopic (exact) mass is 268 g/mol. The molecule has 0 spiro atoms. The Kier molecular flexibility index (Phi) is 4.03. The summed E-state index contributed by atoms with van der Waals surface area (Å²) in [6.07, 6.45) is 2.49. The molecule has 0 saturated heterocycles. The summed E-state index contributed by atoms with van der Waals surface area (Å²) in [4.78, 5) is 25.9. The van der Waals surface area contributed by atoms with Crippen LogP contribution in [0.25, 0.3) is 0 Å². The van der Waals surface area contributed by atoms with Crippen LogP contribution in [0.5, 0.6) is 0 Å². The molecule has 1 aliphatic rings. The van der Waals surface area contributed by atoms with Gasteiger partial charge in [0.1, 0.15) is 0 Å². The maximum atomic E-state index is 11.1. The van der Waals surface area contributed by atoms with Gasteiger partial charge in [-0.2, -0.15) is 4.98 Å². The standard InChI is InChI=1S/C11H16N4O2S/c1-7(5-12-8-3-4-8)6-18-11-13-9(16)10(17)14-15(11)2/h8,12H,1,3-6H2,2H3,(H,14,17). The third-order valence-corrected chi connectivity index (χ3v) is 3.75. The van der Waals surface area contributed by atoms with E-state index in [1.54, 1.807) is 7.05 Å². The van der Waals surface area contributed by atoms with E-state index in [0.29, 0.717) is 17.0 Å². The molecule has 1 aromatic rings. The lowest BCUT2D eigenvalue weighted by atomic mass is 10.3. The number of aryl methyl sites for hydroxylation is 1. The molecule has 18 heavy (non-hydrogen) atoms. The maximum absolute atomic E-state index is 11.1. The second-order valence-corrected chi connectivity index (χ2v) is 5.34. The molecular weight excluding hydrogens is 252 g/mol. The van der Waals surface area contributed by atoms with Gasteiger partial charge in [0.25, 0.3) is 0 Å². The van der Waals surface area contributed by atoms with E-state index in [0.717, 1.165) is 12.1 Å². The number of aromatic amines is 1. The van der Waals surface area contributed by atoms with E-state index in [9.17, 15) is 9.59 Å². The van der Waals surface area contributed by atoms with Crippen molar-refractivity contribution < 1.29 is 0 Å². The summed E-state index contributed by atoms with van der Waals surface area (Å²) in [5, 5.41) is 6.27. The largest absolute Gasteiger partial charge is 0.339 e. The average Bonchev–Trinajstić information content (AvgIpc) is 3.13. The van der Waals surface area contributed by atoms with E-state index in [2.05, 4.69) is 22.0 Å². The number of hydrogen-bond donors (Lipinski definition) is 2. The van der Waals surface area contributed by atoms with Crippen LogP contribution in [0.15, 0.2) is 26.9 Å². The molecule has 0 unspecified atom stereocenters. The zero-order chi connectivity index (χ0) is 13.1. The van der Waals surface area contributed by atoms with Crippen LogP contribution < -0.4 is 16.4 Å². The Bertz CT molecular complexity index is 559. The number of rotatable bonds is 6. The van der Waals surface area contributed by atoms with Crippen molar-refractivity contribution in [2.45, 2.75) is 24.0 Å². The van der Waals surface area contributed by atoms with Gasteiger partial charge in [0.05, 0.1) is 0 Å². The highest BCUT2D eigenvalue weighted by Crippen LogP contribution is 2.19. The van der Waals surface area contributed by atoms with Crippen molar-refractivity contribution in [3.05, 3.63) is 32.9 Å². The first kappa shape index (κ1) is 13.1. The van der Waals surface area contributed by atoms with Crippen molar-refractivity contribution in [1.29, 1.82) is 0 Å². The summed E-state index contributed by atoms with van der Waals surface area (Å²) in [6.45, 7) is 4.76. The van der Waals surface area contributed by atoms with Gasteiger partial charge in [0.15, 0.2) is 5.16 Å². The molecule has 7 heteroatoms. The Morgan fingerprint density at radius 3 is 3.00 bits per heavy atom. The van der Waals surface area contributed by atoms with Crippen LogP contribution in [-0.2, 0) is 7.05 Å². The highest BCUT2D eigenvalue weighted by Gasteiger charge is 2.20. The first-order valence-corrected chi connectivity index (χ1v) is 6.75. The fourth-order valence-corrected chi connectivity index (χ4v) is 2.21. The van der Waals surface area contributed by atoms with Gasteiger partial charge >= 0.3 is 11.1 Å². The molecule has 1 heterocycles. The van der Waals surface area contributed by atoms with Gasteiger partial charge in [-0.3, -0.25) is 19.4 Å². The van der Waals surface area contributed by atoms with Gasteiger partial charge in [-0.05, 0) is 12.8 Å². The molecular formula is C11H16N4O2S. The summed E-state index contributed by atoms with van der Waals surface area (Å²) in [5.74, 6) is 0.673. The number of thioether (sulfide) groups is 1. The lowest BCUT2D eigenvalue weighted by Gasteiger charge is -2.08. The summed E-state index contributed by atoms with van der Waals surface area (Å²) in [5.41, 5.74) is -0.402. The first-order valence-electron chi connectivity index (χ1n) is 5.76. The average molecular weight is 268 g/mol. The van der Waals surface area contributed by atoms with Crippen molar-refractivity contribution in [1.82, 2.24) is 20.1 Å². The Balaban J connectivity index is 1.88. The molecule has 2 N–H and O–H groups in total. The lowest BCUT2D eigenvalue weighted by molar-refractivity contribution is 0.596. The fraction of sp³-hybridized carbons (Fsp3) is 0.545. The van der Waals surface area contributed by atoms with Crippen molar-refractivity contribution in [2.24, 2.45) is 7.05 Å². The van der Waals surface area contributed by atoms with Crippen LogP contribution in [-0.4, -0.2) is 33.1 Å². The lowest BCUT2D eigenvalue weighted by Crippen LogP contribution is -2.33. The van der Waals surface area contributed by atoms with Crippen LogP contribution in [0, 0.1) is 0 Å². The second-order valence-electron chi connectivity index (χ2n) is 4.39. The van der Waals surface area contributed by atoms with E-state index < -0.39 is 11.1 Å². The molecule has 0 bridgehead atoms. The molecule has 1 fully saturated rings.